The lowest BCUT2D eigenvalue weighted by molar-refractivity contribution is 0.105. The van der Waals surface area contributed by atoms with Gasteiger partial charge in [0.1, 0.15) is 5.82 Å². The second kappa shape index (κ2) is 4.91. The van der Waals surface area contributed by atoms with E-state index in [1.165, 1.54) is 0 Å². The number of nitrogens with one attached hydrogen (secondary N) is 1. The topological polar surface area (TPSA) is 83.8 Å². The maximum Gasteiger partial charge on any atom is 0.231 e. The van der Waals surface area contributed by atoms with Crippen LogP contribution in [0.25, 0.3) is 10.8 Å². The van der Waals surface area contributed by atoms with Crippen molar-refractivity contribution in [2.24, 2.45) is 0 Å². The van der Waals surface area contributed by atoms with Crippen molar-refractivity contribution in [2.45, 2.75) is 6.10 Å². The molecule has 19 heavy (non-hydrogen) atoms. The lowest BCUT2D eigenvalue weighted by Gasteiger charge is -2.11. The first-order valence-corrected chi connectivity index (χ1v) is 5.99. The molecular weight excluding hydrogens is 248 g/mol. The highest BCUT2D eigenvalue weighted by molar-refractivity contribution is 5.94. The summed E-state index contributed by atoms with van der Waals surface area (Å²) in [6.07, 6.45) is 0.865. The minimum absolute atomic E-state index is 0.227. The third kappa shape index (κ3) is 2.27. The highest BCUT2D eigenvalue weighted by atomic mass is 16.7. The van der Waals surface area contributed by atoms with E-state index >= 15 is 0 Å². The SMILES string of the molecule is OCC(O)CNc1nccc2cc3c(cc12)OCO3. The van der Waals surface area contributed by atoms with Gasteiger partial charge in [-0.25, -0.2) is 4.98 Å². The number of rotatable bonds is 4. The van der Waals surface area contributed by atoms with Crippen molar-refractivity contribution in [1.29, 1.82) is 0 Å². The first-order chi connectivity index (χ1) is 9.28. The number of aliphatic hydroxyl groups is 2. The number of aromatic nitrogens is 1. The predicted molar refractivity (Wildman–Crippen MR) is 69.4 cm³/mol. The average molecular weight is 262 g/mol. The first-order valence-electron chi connectivity index (χ1n) is 5.99. The molecule has 100 valence electrons. The van der Waals surface area contributed by atoms with Crippen molar-refractivity contribution in [3.63, 3.8) is 0 Å². The molecule has 0 fully saturated rings. The fourth-order valence-corrected chi connectivity index (χ4v) is 1.98. The van der Waals surface area contributed by atoms with Gasteiger partial charge >= 0.3 is 0 Å². The van der Waals surface area contributed by atoms with Gasteiger partial charge in [-0.05, 0) is 23.6 Å². The number of benzene rings is 1. The molecule has 0 saturated heterocycles. The number of fused-ring (bicyclic) bond motifs is 2. The van der Waals surface area contributed by atoms with Crippen LogP contribution in [0.4, 0.5) is 5.82 Å². The molecule has 1 aromatic carbocycles. The molecule has 2 heterocycles. The van der Waals surface area contributed by atoms with Crippen LogP contribution in [-0.2, 0) is 0 Å². The summed E-state index contributed by atoms with van der Waals surface area (Å²) in [5.41, 5.74) is 0. The van der Waals surface area contributed by atoms with E-state index in [-0.39, 0.29) is 19.9 Å². The number of anilines is 1. The third-order valence-corrected chi connectivity index (χ3v) is 2.97. The predicted octanol–water partition coefficient (Wildman–Crippen LogP) is 0.729. The largest absolute Gasteiger partial charge is 0.454 e. The van der Waals surface area contributed by atoms with E-state index in [0.29, 0.717) is 11.6 Å². The van der Waals surface area contributed by atoms with Crippen LogP contribution in [-0.4, -0.2) is 41.2 Å². The monoisotopic (exact) mass is 262 g/mol. The second-order valence-electron chi connectivity index (χ2n) is 4.30. The van der Waals surface area contributed by atoms with E-state index in [4.69, 9.17) is 14.6 Å². The number of aliphatic hydroxyl groups excluding tert-OH is 2. The number of nitrogens with zero attached hydrogens (tertiary/aromatic N) is 1. The van der Waals surface area contributed by atoms with Crippen LogP contribution in [0.1, 0.15) is 0 Å². The standard InChI is InChI=1S/C13H14N2O4/c16-6-9(17)5-15-13-10-4-12-11(18-7-19-12)3-8(10)1-2-14-13/h1-4,9,16-17H,5-7H2,(H,14,15). The quantitative estimate of drug-likeness (QED) is 0.753. The molecule has 2 aromatic rings. The average Bonchev–Trinajstić information content (AvgIpc) is 2.89. The molecule has 6 nitrogen and oxygen atoms in total. The van der Waals surface area contributed by atoms with Gasteiger partial charge in [0.25, 0.3) is 0 Å². The van der Waals surface area contributed by atoms with Gasteiger partial charge in [-0.15, -0.1) is 0 Å². The molecule has 3 rings (SSSR count). The molecule has 0 aliphatic carbocycles. The summed E-state index contributed by atoms with van der Waals surface area (Å²) in [7, 11) is 0. The van der Waals surface area contributed by atoms with Crippen LogP contribution in [0, 0.1) is 0 Å². The van der Waals surface area contributed by atoms with Gasteiger partial charge < -0.3 is 25.0 Å². The molecule has 1 atom stereocenters. The van der Waals surface area contributed by atoms with Crippen molar-refractivity contribution in [1.82, 2.24) is 4.98 Å². The molecule has 6 heteroatoms. The van der Waals surface area contributed by atoms with Gasteiger partial charge in [0.15, 0.2) is 11.5 Å². The Morgan fingerprint density at radius 3 is 2.89 bits per heavy atom. The summed E-state index contributed by atoms with van der Waals surface area (Å²) in [4.78, 5) is 4.24. The van der Waals surface area contributed by atoms with Crippen molar-refractivity contribution < 1.29 is 19.7 Å². The summed E-state index contributed by atoms with van der Waals surface area (Å²) in [6, 6.07) is 5.64. The minimum atomic E-state index is -0.814. The molecule has 0 bridgehead atoms. The van der Waals surface area contributed by atoms with E-state index < -0.39 is 6.10 Å². The number of hydrogen-bond donors (Lipinski definition) is 3. The zero-order valence-electron chi connectivity index (χ0n) is 10.2. The summed E-state index contributed by atoms with van der Waals surface area (Å²) < 4.78 is 10.7. The van der Waals surface area contributed by atoms with Crippen molar-refractivity contribution in [3.8, 4) is 11.5 Å². The Kier molecular flexibility index (Phi) is 3.10. The lowest BCUT2D eigenvalue weighted by atomic mass is 10.1. The van der Waals surface area contributed by atoms with Gasteiger partial charge in [-0.3, -0.25) is 0 Å². The molecular formula is C13H14N2O4. The molecule has 1 aliphatic rings. The fraction of sp³-hybridized carbons (Fsp3) is 0.308. The smallest absolute Gasteiger partial charge is 0.231 e. The lowest BCUT2D eigenvalue weighted by Crippen LogP contribution is -2.23. The van der Waals surface area contributed by atoms with Crippen LogP contribution >= 0.6 is 0 Å². The molecule has 3 N–H and O–H groups in total. The van der Waals surface area contributed by atoms with E-state index in [9.17, 15) is 5.11 Å². The van der Waals surface area contributed by atoms with E-state index in [0.717, 1.165) is 16.5 Å². The third-order valence-electron chi connectivity index (χ3n) is 2.97. The van der Waals surface area contributed by atoms with Crippen molar-refractivity contribution in [2.75, 3.05) is 25.3 Å². The molecule has 0 amide bonds. The minimum Gasteiger partial charge on any atom is -0.454 e. The van der Waals surface area contributed by atoms with Crippen LogP contribution in [0.3, 0.4) is 0 Å². The van der Waals surface area contributed by atoms with E-state index in [2.05, 4.69) is 10.3 Å². The Morgan fingerprint density at radius 1 is 1.32 bits per heavy atom. The highest BCUT2D eigenvalue weighted by Crippen LogP contribution is 2.37. The van der Waals surface area contributed by atoms with Gasteiger partial charge in [0.05, 0.1) is 12.7 Å². The van der Waals surface area contributed by atoms with Gasteiger partial charge in [-0.2, -0.15) is 0 Å². The van der Waals surface area contributed by atoms with E-state index in [1.807, 2.05) is 18.2 Å². The van der Waals surface area contributed by atoms with Crippen LogP contribution in [0.2, 0.25) is 0 Å². The molecule has 0 radical (unpaired) electrons. The zero-order chi connectivity index (χ0) is 13.2. The Hall–Kier alpha value is -2.05. The highest BCUT2D eigenvalue weighted by Gasteiger charge is 2.16. The summed E-state index contributed by atoms with van der Waals surface area (Å²) in [6.45, 7) is 0.173. The maximum atomic E-state index is 9.36. The fourth-order valence-electron chi connectivity index (χ4n) is 1.98. The molecule has 1 unspecified atom stereocenters. The molecule has 0 spiro atoms. The van der Waals surface area contributed by atoms with Crippen molar-refractivity contribution >= 4 is 16.6 Å². The molecule has 1 aliphatic heterocycles. The van der Waals surface area contributed by atoms with Crippen LogP contribution < -0.4 is 14.8 Å². The zero-order valence-corrected chi connectivity index (χ0v) is 10.2. The van der Waals surface area contributed by atoms with Crippen LogP contribution in [0.5, 0.6) is 11.5 Å². The maximum absolute atomic E-state index is 9.36. The molecule has 1 aromatic heterocycles. The Morgan fingerprint density at radius 2 is 2.11 bits per heavy atom. The van der Waals surface area contributed by atoms with E-state index in [1.54, 1.807) is 6.20 Å². The molecule has 0 saturated carbocycles. The van der Waals surface area contributed by atoms with Crippen molar-refractivity contribution in [3.05, 3.63) is 24.4 Å². The number of pyridine rings is 1. The van der Waals surface area contributed by atoms with Gasteiger partial charge in [0.2, 0.25) is 6.79 Å². The normalized spacial score (nSPS) is 14.6. The Labute approximate surface area is 109 Å². The summed E-state index contributed by atoms with van der Waals surface area (Å²) >= 11 is 0. The number of hydrogen-bond acceptors (Lipinski definition) is 6. The van der Waals surface area contributed by atoms with Gasteiger partial charge in [-0.1, -0.05) is 0 Å². The Balaban J connectivity index is 1.96. The first kappa shape index (κ1) is 12.0. The summed E-state index contributed by atoms with van der Waals surface area (Å²) in [5, 5.41) is 23.0. The summed E-state index contributed by atoms with van der Waals surface area (Å²) in [5.74, 6) is 2.05. The second-order valence-corrected chi connectivity index (χ2v) is 4.30. The van der Waals surface area contributed by atoms with Crippen LogP contribution in [0.15, 0.2) is 24.4 Å². The van der Waals surface area contributed by atoms with Gasteiger partial charge in [0, 0.05) is 18.1 Å². The Bertz CT molecular complexity index is 602. The number of ether oxygens (including phenoxy) is 2.